The third kappa shape index (κ3) is 3.56. The Morgan fingerprint density at radius 1 is 0.964 bits per heavy atom. The zero-order chi connectivity index (χ0) is 19.5. The molecule has 2 aromatic carbocycles. The quantitative estimate of drug-likeness (QED) is 0.700. The van der Waals surface area contributed by atoms with E-state index in [1.165, 1.54) is 0 Å². The molecule has 0 saturated carbocycles. The van der Waals surface area contributed by atoms with Gasteiger partial charge < -0.3 is 14.5 Å². The van der Waals surface area contributed by atoms with Crippen LogP contribution in [0.3, 0.4) is 0 Å². The van der Waals surface area contributed by atoms with E-state index in [1.807, 2.05) is 59.5 Å². The summed E-state index contributed by atoms with van der Waals surface area (Å²) < 4.78 is 5.21. The molecule has 1 fully saturated rings. The van der Waals surface area contributed by atoms with Crippen molar-refractivity contribution in [3.05, 3.63) is 78.5 Å². The first-order valence-corrected chi connectivity index (χ1v) is 9.38. The number of amides is 1. The van der Waals surface area contributed by atoms with E-state index in [1.54, 1.807) is 13.3 Å². The summed E-state index contributed by atoms with van der Waals surface area (Å²) in [5.74, 6) is 0.901. The fourth-order valence-electron chi connectivity index (χ4n) is 3.54. The van der Waals surface area contributed by atoms with Gasteiger partial charge in [-0.05, 0) is 54.1 Å². The van der Waals surface area contributed by atoms with Gasteiger partial charge in [-0.1, -0.05) is 12.6 Å². The molecular weight excluding hydrogens is 350 g/mol. The zero-order valence-electron chi connectivity index (χ0n) is 16.0. The van der Waals surface area contributed by atoms with Crippen molar-refractivity contribution < 1.29 is 9.53 Å². The molecule has 1 aromatic heterocycles. The molecule has 5 nitrogen and oxygen atoms in total. The van der Waals surface area contributed by atoms with Crippen LogP contribution in [-0.2, 0) is 0 Å². The van der Waals surface area contributed by atoms with Gasteiger partial charge in [0.2, 0.25) is 0 Å². The predicted molar refractivity (Wildman–Crippen MR) is 111 cm³/mol. The van der Waals surface area contributed by atoms with E-state index in [9.17, 15) is 4.79 Å². The summed E-state index contributed by atoms with van der Waals surface area (Å²) in [6.45, 7) is 7.14. The SMILES string of the molecule is C=C(c1ccc(OC)cc1)N1CCN(C(=O)c2ccc3ncccc3c2)CC1. The highest BCUT2D eigenvalue weighted by Gasteiger charge is 2.23. The molecule has 0 atom stereocenters. The molecule has 3 aromatic rings. The maximum absolute atomic E-state index is 12.9. The average molecular weight is 373 g/mol. The Morgan fingerprint density at radius 2 is 1.64 bits per heavy atom. The van der Waals surface area contributed by atoms with E-state index in [2.05, 4.69) is 16.5 Å². The van der Waals surface area contributed by atoms with Crippen LogP contribution in [0.1, 0.15) is 15.9 Å². The van der Waals surface area contributed by atoms with E-state index >= 15 is 0 Å². The van der Waals surface area contributed by atoms with E-state index in [0.717, 1.165) is 41.0 Å². The zero-order valence-corrected chi connectivity index (χ0v) is 16.0. The standard InChI is InChI=1S/C23H23N3O2/c1-17(18-5-8-21(28-2)9-6-18)25-12-14-26(15-13-25)23(27)20-7-10-22-19(16-20)4-3-11-24-22/h3-11,16H,1,12-15H2,2H3. The third-order valence-corrected chi connectivity index (χ3v) is 5.22. The molecule has 1 aliphatic heterocycles. The number of piperazine rings is 1. The fraction of sp³-hybridized carbons (Fsp3) is 0.217. The molecule has 142 valence electrons. The van der Waals surface area contributed by atoms with Crippen molar-refractivity contribution in [2.45, 2.75) is 0 Å². The smallest absolute Gasteiger partial charge is 0.253 e. The lowest BCUT2D eigenvalue weighted by molar-refractivity contribution is 0.0686. The number of pyridine rings is 1. The number of ether oxygens (including phenoxy) is 1. The molecule has 0 unspecified atom stereocenters. The Kier molecular flexibility index (Phi) is 4.98. The number of methoxy groups -OCH3 is 1. The van der Waals surface area contributed by atoms with Crippen molar-refractivity contribution in [2.75, 3.05) is 33.3 Å². The molecule has 2 heterocycles. The number of benzene rings is 2. The molecule has 0 spiro atoms. The second-order valence-electron chi connectivity index (χ2n) is 6.87. The molecule has 5 heteroatoms. The molecule has 0 radical (unpaired) electrons. The van der Waals surface area contributed by atoms with Gasteiger partial charge in [-0.25, -0.2) is 0 Å². The lowest BCUT2D eigenvalue weighted by Crippen LogP contribution is -2.47. The minimum Gasteiger partial charge on any atom is -0.497 e. The first-order chi connectivity index (χ1) is 13.7. The summed E-state index contributed by atoms with van der Waals surface area (Å²) in [4.78, 5) is 21.4. The molecular formula is C23H23N3O2. The molecule has 4 rings (SSSR count). The maximum atomic E-state index is 12.9. The number of hydrogen-bond donors (Lipinski definition) is 0. The van der Waals surface area contributed by atoms with E-state index < -0.39 is 0 Å². The van der Waals surface area contributed by atoms with Crippen molar-refractivity contribution in [1.29, 1.82) is 0 Å². The normalized spacial score (nSPS) is 14.2. The van der Waals surface area contributed by atoms with Crippen LogP contribution < -0.4 is 4.74 Å². The molecule has 1 amide bonds. The molecule has 1 saturated heterocycles. The molecule has 0 aliphatic carbocycles. The first kappa shape index (κ1) is 18.0. The summed E-state index contributed by atoms with van der Waals surface area (Å²) in [5.41, 5.74) is 3.66. The van der Waals surface area contributed by atoms with Crippen molar-refractivity contribution in [3.8, 4) is 5.75 Å². The summed E-state index contributed by atoms with van der Waals surface area (Å²) >= 11 is 0. The second kappa shape index (κ2) is 7.72. The number of hydrogen-bond acceptors (Lipinski definition) is 4. The number of nitrogens with zero attached hydrogens (tertiary/aromatic N) is 3. The Balaban J connectivity index is 1.41. The molecule has 0 N–H and O–H groups in total. The number of aromatic nitrogens is 1. The number of carbonyl (C=O) groups is 1. The largest absolute Gasteiger partial charge is 0.497 e. The highest BCUT2D eigenvalue weighted by molar-refractivity contribution is 5.98. The van der Waals surface area contributed by atoms with Crippen LogP contribution in [0.25, 0.3) is 16.6 Å². The monoisotopic (exact) mass is 373 g/mol. The summed E-state index contributed by atoms with van der Waals surface area (Å²) in [6, 6.07) is 17.5. The summed E-state index contributed by atoms with van der Waals surface area (Å²) in [5, 5.41) is 0.986. The second-order valence-corrected chi connectivity index (χ2v) is 6.87. The van der Waals surface area contributed by atoms with Crippen LogP contribution in [0.15, 0.2) is 67.4 Å². The van der Waals surface area contributed by atoms with Crippen LogP contribution in [0.4, 0.5) is 0 Å². The van der Waals surface area contributed by atoms with Crippen LogP contribution in [0, 0.1) is 0 Å². The lowest BCUT2D eigenvalue weighted by Gasteiger charge is -2.37. The van der Waals surface area contributed by atoms with Gasteiger partial charge in [0.15, 0.2) is 0 Å². The average Bonchev–Trinajstić information content (AvgIpc) is 2.78. The van der Waals surface area contributed by atoms with Crippen molar-refractivity contribution in [2.24, 2.45) is 0 Å². The van der Waals surface area contributed by atoms with E-state index in [0.29, 0.717) is 18.7 Å². The summed E-state index contributed by atoms with van der Waals surface area (Å²) in [7, 11) is 1.66. The third-order valence-electron chi connectivity index (χ3n) is 5.22. The lowest BCUT2D eigenvalue weighted by atomic mass is 10.1. The minimum atomic E-state index is 0.0699. The Bertz CT molecular complexity index is 1010. The highest BCUT2D eigenvalue weighted by atomic mass is 16.5. The van der Waals surface area contributed by atoms with E-state index in [4.69, 9.17) is 4.74 Å². The van der Waals surface area contributed by atoms with Crippen molar-refractivity contribution >= 4 is 22.5 Å². The molecule has 1 aliphatic rings. The Hall–Kier alpha value is -3.34. The predicted octanol–water partition coefficient (Wildman–Crippen LogP) is 3.67. The van der Waals surface area contributed by atoms with Gasteiger partial charge >= 0.3 is 0 Å². The Labute approximate surface area is 164 Å². The van der Waals surface area contributed by atoms with Gasteiger partial charge in [0.25, 0.3) is 5.91 Å². The topological polar surface area (TPSA) is 45.7 Å². The van der Waals surface area contributed by atoms with Crippen molar-refractivity contribution in [1.82, 2.24) is 14.8 Å². The fourth-order valence-corrected chi connectivity index (χ4v) is 3.54. The molecule has 28 heavy (non-hydrogen) atoms. The summed E-state index contributed by atoms with van der Waals surface area (Å²) in [6.07, 6.45) is 1.76. The van der Waals surface area contributed by atoms with Crippen LogP contribution in [-0.4, -0.2) is 54.0 Å². The van der Waals surface area contributed by atoms with Crippen LogP contribution in [0.5, 0.6) is 5.75 Å². The number of carbonyl (C=O) groups excluding carboxylic acids is 1. The van der Waals surface area contributed by atoms with Crippen molar-refractivity contribution in [3.63, 3.8) is 0 Å². The van der Waals surface area contributed by atoms with Gasteiger partial charge in [-0.3, -0.25) is 9.78 Å². The number of fused-ring (bicyclic) bond motifs is 1. The van der Waals surface area contributed by atoms with Crippen LogP contribution >= 0.6 is 0 Å². The minimum absolute atomic E-state index is 0.0699. The van der Waals surface area contributed by atoms with Crippen LogP contribution in [0.2, 0.25) is 0 Å². The highest BCUT2D eigenvalue weighted by Crippen LogP contribution is 2.22. The van der Waals surface area contributed by atoms with Gasteiger partial charge in [0.05, 0.1) is 12.6 Å². The first-order valence-electron chi connectivity index (χ1n) is 9.38. The van der Waals surface area contributed by atoms with Gasteiger partial charge in [-0.2, -0.15) is 0 Å². The van der Waals surface area contributed by atoms with Gasteiger partial charge in [0, 0.05) is 49.0 Å². The number of rotatable bonds is 4. The van der Waals surface area contributed by atoms with E-state index in [-0.39, 0.29) is 5.91 Å². The maximum Gasteiger partial charge on any atom is 0.253 e. The Morgan fingerprint density at radius 3 is 2.36 bits per heavy atom. The molecule has 0 bridgehead atoms. The van der Waals surface area contributed by atoms with Gasteiger partial charge in [0.1, 0.15) is 5.75 Å². The van der Waals surface area contributed by atoms with Gasteiger partial charge in [-0.15, -0.1) is 0 Å².